The van der Waals surface area contributed by atoms with Gasteiger partial charge in [0.1, 0.15) is 0 Å². The Labute approximate surface area is 129 Å². The summed E-state index contributed by atoms with van der Waals surface area (Å²) in [6, 6.07) is 10.2. The van der Waals surface area contributed by atoms with E-state index in [9.17, 15) is 4.79 Å². The lowest BCUT2D eigenvalue weighted by atomic mass is 10.1. The second-order valence-electron chi connectivity index (χ2n) is 5.69. The largest absolute Gasteiger partial charge is 0.481 e. The van der Waals surface area contributed by atoms with Crippen molar-refractivity contribution in [2.24, 2.45) is 0 Å². The van der Waals surface area contributed by atoms with Gasteiger partial charge in [0, 0.05) is 19.0 Å². The van der Waals surface area contributed by atoms with Crippen molar-refractivity contribution in [2.75, 3.05) is 6.54 Å². The Morgan fingerprint density at radius 3 is 2.91 bits per heavy atom. The molecular formula is C16H20N4O2. The minimum absolute atomic E-state index is 0.234. The molecule has 0 amide bonds. The topological polar surface area (TPSA) is 71.2 Å². The summed E-state index contributed by atoms with van der Waals surface area (Å²) in [4.78, 5) is 13.1. The number of hydrogen-bond acceptors (Lipinski definition) is 4. The third-order valence-corrected chi connectivity index (χ3v) is 4.12. The van der Waals surface area contributed by atoms with Crippen LogP contribution in [-0.4, -0.2) is 43.6 Å². The first kappa shape index (κ1) is 14.7. The van der Waals surface area contributed by atoms with Crippen LogP contribution in [0.3, 0.4) is 0 Å². The van der Waals surface area contributed by atoms with Gasteiger partial charge in [0.15, 0.2) is 0 Å². The quantitative estimate of drug-likeness (QED) is 0.884. The van der Waals surface area contributed by atoms with Crippen LogP contribution in [-0.2, 0) is 11.3 Å². The van der Waals surface area contributed by atoms with Gasteiger partial charge in [-0.25, -0.2) is 4.68 Å². The van der Waals surface area contributed by atoms with Crippen molar-refractivity contribution in [1.82, 2.24) is 19.9 Å². The number of nitrogens with zero attached hydrogens (tertiary/aromatic N) is 4. The molecule has 2 heterocycles. The van der Waals surface area contributed by atoms with E-state index in [1.54, 1.807) is 4.68 Å². The van der Waals surface area contributed by atoms with Gasteiger partial charge in [-0.3, -0.25) is 9.69 Å². The van der Waals surface area contributed by atoms with Crippen molar-refractivity contribution in [3.63, 3.8) is 0 Å². The summed E-state index contributed by atoms with van der Waals surface area (Å²) in [6.45, 7) is 1.74. The first-order valence-corrected chi connectivity index (χ1v) is 7.65. The van der Waals surface area contributed by atoms with Gasteiger partial charge in [0.2, 0.25) is 0 Å². The van der Waals surface area contributed by atoms with Crippen LogP contribution in [0, 0.1) is 0 Å². The zero-order valence-electron chi connectivity index (χ0n) is 12.4. The molecule has 1 N–H and O–H groups in total. The zero-order chi connectivity index (χ0) is 15.4. The highest BCUT2D eigenvalue weighted by Crippen LogP contribution is 2.23. The van der Waals surface area contributed by atoms with Gasteiger partial charge in [-0.15, -0.1) is 5.10 Å². The molecule has 1 fully saturated rings. The second-order valence-corrected chi connectivity index (χ2v) is 5.69. The van der Waals surface area contributed by atoms with Crippen molar-refractivity contribution in [1.29, 1.82) is 0 Å². The summed E-state index contributed by atoms with van der Waals surface area (Å²) in [7, 11) is 0. The summed E-state index contributed by atoms with van der Waals surface area (Å²) < 4.78 is 1.78. The Morgan fingerprint density at radius 2 is 2.14 bits per heavy atom. The Balaban J connectivity index is 1.63. The molecule has 0 unspecified atom stereocenters. The molecule has 0 radical (unpaired) electrons. The second kappa shape index (κ2) is 6.70. The molecular weight excluding hydrogens is 280 g/mol. The summed E-state index contributed by atoms with van der Waals surface area (Å²) in [5, 5.41) is 17.2. The van der Waals surface area contributed by atoms with Gasteiger partial charge < -0.3 is 5.11 Å². The van der Waals surface area contributed by atoms with Crippen LogP contribution in [0.15, 0.2) is 36.5 Å². The number of carboxylic acids is 1. The molecule has 116 valence electrons. The zero-order valence-corrected chi connectivity index (χ0v) is 12.4. The fourth-order valence-electron chi connectivity index (χ4n) is 3.01. The van der Waals surface area contributed by atoms with Crippen molar-refractivity contribution >= 4 is 5.97 Å². The van der Waals surface area contributed by atoms with E-state index in [1.165, 1.54) is 0 Å². The van der Waals surface area contributed by atoms with Crippen molar-refractivity contribution < 1.29 is 9.90 Å². The predicted molar refractivity (Wildman–Crippen MR) is 81.7 cm³/mol. The van der Waals surface area contributed by atoms with Gasteiger partial charge in [-0.1, -0.05) is 23.4 Å². The lowest BCUT2D eigenvalue weighted by Gasteiger charge is -2.22. The first-order chi connectivity index (χ1) is 10.7. The molecule has 3 rings (SSSR count). The van der Waals surface area contributed by atoms with E-state index in [0.717, 1.165) is 37.3 Å². The van der Waals surface area contributed by atoms with Crippen molar-refractivity contribution in [2.45, 2.75) is 38.3 Å². The number of carboxylic acid groups (broad SMARTS) is 1. The van der Waals surface area contributed by atoms with E-state index in [4.69, 9.17) is 5.11 Å². The standard InChI is InChI=1S/C16H20N4O2/c21-16(22)9-8-14-7-4-10-19(14)11-13-12-20(18-17-13)15-5-2-1-3-6-15/h1-3,5-6,12,14H,4,7-11H2,(H,21,22)/t14-/m1/s1. The SMILES string of the molecule is O=C(O)CC[C@H]1CCCN1Cc1cn(-c2ccccc2)nn1. The molecule has 1 saturated heterocycles. The molecule has 1 atom stereocenters. The lowest BCUT2D eigenvalue weighted by molar-refractivity contribution is -0.137. The molecule has 22 heavy (non-hydrogen) atoms. The molecule has 2 aromatic rings. The average Bonchev–Trinajstić information content (AvgIpc) is 3.16. The Bertz CT molecular complexity index is 626. The molecule has 6 heteroatoms. The monoisotopic (exact) mass is 300 g/mol. The van der Waals surface area contributed by atoms with Crippen LogP contribution in [0.1, 0.15) is 31.4 Å². The van der Waals surface area contributed by atoms with Gasteiger partial charge in [-0.2, -0.15) is 0 Å². The van der Waals surface area contributed by atoms with Gasteiger partial charge in [0.25, 0.3) is 0 Å². The predicted octanol–water partition coefficient (Wildman–Crippen LogP) is 2.10. The highest BCUT2D eigenvalue weighted by Gasteiger charge is 2.25. The number of aliphatic carboxylic acids is 1. The summed E-state index contributed by atoms with van der Waals surface area (Å²) in [6.07, 6.45) is 5.08. The molecule has 1 aromatic heterocycles. The third-order valence-electron chi connectivity index (χ3n) is 4.12. The summed E-state index contributed by atoms with van der Waals surface area (Å²) in [5.74, 6) is -0.720. The third kappa shape index (κ3) is 3.51. The minimum atomic E-state index is -0.720. The number of benzene rings is 1. The number of aromatic nitrogens is 3. The maximum Gasteiger partial charge on any atom is 0.303 e. The summed E-state index contributed by atoms with van der Waals surface area (Å²) >= 11 is 0. The minimum Gasteiger partial charge on any atom is -0.481 e. The van der Waals surface area contributed by atoms with E-state index in [0.29, 0.717) is 12.5 Å². The fourth-order valence-corrected chi connectivity index (χ4v) is 3.01. The van der Waals surface area contributed by atoms with Crippen molar-refractivity contribution in [3.8, 4) is 5.69 Å². The Morgan fingerprint density at radius 1 is 1.32 bits per heavy atom. The van der Waals surface area contributed by atoms with Crippen LogP contribution < -0.4 is 0 Å². The highest BCUT2D eigenvalue weighted by molar-refractivity contribution is 5.66. The fraction of sp³-hybridized carbons (Fsp3) is 0.438. The van der Waals surface area contributed by atoms with Gasteiger partial charge in [-0.05, 0) is 37.9 Å². The molecule has 0 saturated carbocycles. The van der Waals surface area contributed by atoms with Gasteiger partial charge in [0.05, 0.1) is 17.6 Å². The van der Waals surface area contributed by atoms with Crippen LogP contribution in [0.4, 0.5) is 0 Å². The molecule has 0 spiro atoms. The number of hydrogen-bond donors (Lipinski definition) is 1. The molecule has 1 aliphatic heterocycles. The van der Waals surface area contributed by atoms with E-state index < -0.39 is 5.97 Å². The lowest BCUT2D eigenvalue weighted by Crippen LogP contribution is -2.29. The van der Waals surface area contributed by atoms with E-state index in [1.807, 2.05) is 36.5 Å². The van der Waals surface area contributed by atoms with Crippen LogP contribution >= 0.6 is 0 Å². The molecule has 1 aliphatic rings. The number of carbonyl (C=O) groups is 1. The smallest absolute Gasteiger partial charge is 0.303 e. The molecule has 6 nitrogen and oxygen atoms in total. The van der Waals surface area contributed by atoms with E-state index in [2.05, 4.69) is 15.2 Å². The maximum atomic E-state index is 10.7. The number of rotatable bonds is 6. The van der Waals surface area contributed by atoms with Crippen LogP contribution in [0.2, 0.25) is 0 Å². The number of likely N-dealkylation sites (tertiary alicyclic amines) is 1. The first-order valence-electron chi connectivity index (χ1n) is 7.65. The van der Waals surface area contributed by atoms with Gasteiger partial charge >= 0.3 is 5.97 Å². The van der Waals surface area contributed by atoms with E-state index >= 15 is 0 Å². The van der Waals surface area contributed by atoms with Crippen LogP contribution in [0.25, 0.3) is 5.69 Å². The maximum absolute atomic E-state index is 10.7. The normalized spacial score (nSPS) is 18.6. The average molecular weight is 300 g/mol. The molecule has 1 aromatic carbocycles. The van der Waals surface area contributed by atoms with E-state index in [-0.39, 0.29) is 6.42 Å². The van der Waals surface area contributed by atoms with Crippen LogP contribution in [0.5, 0.6) is 0 Å². The molecule has 0 bridgehead atoms. The van der Waals surface area contributed by atoms with Crippen molar-refractivity contribution in [3.05, 3.63) is 42.2 Å². The summed E-state index contributed by atoms with van der Waals surface area (Å²) in [5.41, 5.74) is 1.91. The Kier molecular flexibility index (Phi) is 4.48. The Hall–Kier alpha value is -2.21. The molecule has 0 aliphatic carbocycles. The highest BCUT2D eigenvalue weighted by atomic mass is 16.4. The number of para-hydroxylation sites is 1.